The molecule has 0 aliphatic carbocycles. The largest absolute Gasteiger partial charge is 0.311 e. The predicted octanol–water partition coefficient (Wildman–Crippen LogP) is 1.97. The fourth-order valence-electron chi connectivity index (χ4n) is 1.82. The Hall–Kier alpha value is -1.39. The summed E-state index contributed by atoms with van der Waals surface area (Å²) in [5.74, 6) is 0. The quantitative estimate of drug-likeness (QED) is 0.902. The lowest BCUT2D eigenvalue weighted by Gasteiger charge is -2.15. The summed E-state index contributed by atoms with van der Waals surface area (Å²) in [6, 6.07) is 8.10. The third-order valence-corrected chi connectivity index (χ3v) is 3.06. The maximum Gasteiger partial charge on any atom is 0.0756 e. The van der Waals surface area contributed by atoms with Gasteiger partial charge in [0.2, 0.25) is 0 Å². The lowest BCUT2D eigenvalue weighted by atomic mass is 10.0. The highest BCUT2D eigenvalue weighted by atomic mass is 35.5. The van der Waals surface area contributed by atoms with Crippen LogP contribution in [0.25, 0.3) is 0 Å². The first-order valence-electron chi connectivity index (χ1n) is 5.47. The summed E-state index contributed by atoms with van der Waals surface area (Å²) in [6.07, 6.45) is 2.67. The standard InChI is InChI=1S/C12H15ClN4/c1-14-11(12-8-15-16-17(12)2)7-9-3-5-10(13)6-4-9/h3-6,8,11,14H,7H2,1-2H3. The Morgan fingerprint density at radius 2 is 2.06 bits per heavy atom. The van der Waals surface area contributed by atoms with Gasteiger partial charge in [0.05, 0.1) is 17.9 Å². The van der Waals surface area contributed by atoms with Crippen LogP contribution in [0.1, 0.15) is 17.3 Å². The Bertz CT molecular complexity index is 478. The molecule has 0 spiro atoms. The van der Waals surface area contributed by atoms with Crippen molar-refractivity contribution in [2.24, 2.45) is 7.05 Å². The molecule has 0 radical (unpaired) electrons. The number of hydrogen-bond donors (Lipinski definition) is 1. The zero-order chi connectivity index (χ0) is 12.3. The second kappa shape index (κ2) is 5.29. The Kier molecular flexibility index (Phi) is 3.76. The van der Waals surface area contributed by atoms with Gasteiger partial charge in [-0.25, -0.2) is 0 Å². The van der Waals surface area contributed by atoms with Crippen LogP contribution in [0.2, 0.25) is 5.02 Å². The van der Waals surface area contributed by atoms with Crippen LogP contribution in [-0.2, 0) is 13.5 Å². The Morgan fingerprint density at radius 3 is 2.59 bits per heavy atom. The average Bonchev–Trinajstić information content (AvgIpc) is 2.75. The van der Waals surface area contributed by atoms with Crippen LogP contribution in [-0.4, -0.2) is 22.0 Å². The number of benzene rings is 1. The molecule has 0 saturated heterocycles. The normalized spacial score (nSPS) is 12.6. The lowest BCUT2D eigenvalue weighted by Crippen LogP contribution is -2.21. The van der Waals surface area contributed by atoms with Crippen molar-refractivity contribution in [3.8, 4) is 0 Å². The number of nitrogens with zero attached hydrogens (tertiary/aromatic N) is 3. The van der Waals surface area contributed by atoms with Gasteiger partial charge in [-0.05, 0) is 31.2 Å². The zero-order valence-electron chi connectivity index (χ0n) is 9.89. The molecule has 2 rings (SSSR count). The third kappa shape index (κ3) is 2.84. The summed E-state index contributed by atoms with van der Waals surface area (Å²) in [5, 5.41) is 11.9. The Labute approximate surface area is 106 Å². The molecule has 0 saturated carbocycles. The lowest BCUT2D eigenvalue weighted by molar-refractivity contribution is 0.534. The van der Waals surface area contributed by atoms with Gasteiger partial charge in [-0.2, -0.15) is 0 Å². The van der Waals surface area contributed by atoms with Crippen LogP contribution in [0.5, 0.6) is 0 Å². The number of nitrogens with one attached hydrogen (secondary N) is 1. The van der Waals surface area contributed by atoms with Crippen molar-refractivity contribution in [2.75, 3.05) is 7.05 Å². The molecule has 1 atom stereocenters. The third-order valence-electron chi connectivity index (χ3n) is 2.81. The summed E-state index contributed by atoms with van der Waals surface area (Å²) in [7, 11) is 3.84. The first-order chi connectivity index (χ1) is 8.20. The van der Waals surface area contributed by atoms with Crippen molar-refractivity contribution in [3.05, 3.63) is 46.7 Å². The highest BCUT2D eigenvalue weighted by Crippen LogP contribution is 2.18. The molecule has 1 heterocycles. The average molecular weight is 251 g/mol. The van der Waals surface area contributed by atoms with Gasteiger partial charge in [-0.1, -0.05) is 28.9 Å². The first kappa shape index (κ1) is 12.1. The van der Waals surface area contributed by atoms with Crippen molar-refractivity contribution >= 4 is 11.6 Å². The van der Waals surface area contributed by atoms with Crippen molar-refractivity contribution in [3.63, 3.8) is 0 Å². The summed E-state index contributed by atoms with van der Waals surface area (Å²) in [6.45, 7) is 0. The fourth-order valence-corrected chi connectivity index (χ4v) is 1.95. The van der Waals surface area contributed by atoms with Crippen molar-refractivity contribution in [1.29, 1.82) is 0 Å². The van der Waals surface area contributed by atoms with E-state index in [-0.39, 0.29) is 6.04 Å². The molecule has 1 aromatic heterocycles. The zero-order valence-corrected chi connectivity index (χ0v) is 10.6. The molecule has 4 nitrogen and oxygen atoms in total. The van der Waals surface area contributed by atoms with Crippen LogP contribution < -0.4 is 5.32 Å². The highest BCUT2D eigenvalue weighted by Gasteiger charge is 2.14. The van der Waals surface area contributed by atoms with Gasteiger partial charge < -0.3 is 5.32 Å². The molecular formula is C12H15ClN4. The van der Waals surface area contributed by atoms with Gasteiger partial charge in [-0.3, -0.25) is 4.68 Å². The molecule has 1 aromatic carbocycles. The van der Waals surface area contributed by atoms with E-state index in [0.717, 1.165) is 17.1 Å². The number of likely N-dealkylation sites (N-methyl/N-ethyl adjacent to an activating group) is 1. The van der Waals surface area contributed by atoms with Gasteiger partial charge >= 0.3 is 0 Å². The van der Waals surface area contributed by atoms with E-state index in [9.17, 15) is 0 Å². The number of halogens is 1. The number of rotatable bonds is 4. The van der Waals surface area contributed by atoms with E-state index in [1.165, 1.54) is 5.56 Å². The van der Waals surface area contributed by atoms with E-state index in [0.29, 0.717) is 0 Å². The molecule has 5 heteroatoms. The van der Waals surface area contributed by atoms with Crippen LogP contribution >= 0.6 is 11.6 Å². The molecule has 0 amide bonds. The molecule has 0 bridgehead atoms. The second-order valence-corrected chi connectivity index (χ2v) is 4.39. The monoisotopic (exact) mass is 250 g/mol. The molecule has 2 aromatic rings. The van der Waals surface area contributed by atoms with Gasteiger partial charge in [0.1, 0.15) is 0 Å². The minimum atomic E-state index is 0.205. The van der Waals surface area contributed by atoms with Crippen LogP contribution in [0.4, 0.5) is 0 Å². The van der Waals surface area contributed by atoms with Gasteiger partial charge in [0, 0.05) is 12.1 Å². The molecule has 90 valence electrons. The molecule has 0 aliphatic rings. The van der Waals surface area contributed by atoms with Crippen LogP contribution in [0.15, 0.2) is 30.5 Å². The summed E-state index contributed by atoms with van der Waals surface area (Å²) >= 11 is 5.87. The topological polar surface area (TPSA) is 42.7 Å². The smallest absolute Gasteiger partial charge is 0.0756 e. The number of aryl methyl sites for hydroxylation is 1. The maximum absolute atomic E-state index is 5.87. The van der Waals surface area contributed by atoms with E-state index in [1.807, 2.05) is 38.4 Å². The molecule has 1 unspecified atom stereocenters. The maximum atomic E-state index is 5.87. The summed E-state index contributed by atoms with van der Waals surface area (Å²) < 4.78 is 1.79. The van der Waals surface area contributed by atoms with Crippen LogP contribution in [0.3, 0.4) is 0 Å². The van der Waals surface area contributed by atoms with Crippen LogP contribution in [0, 0.1) is 0 Å². The minimum absolute atomic E-state index is 0.205. The summed E-state index contributed by atoms with van der Waals surface area (Å²) in [5.41, 5.74) is 2.30. The molecule has 0 aliphatic heterocycles. The van der Waals surface area contributed by atoms with E-state index < -0.39 is 0 Å². The Morgan fingerprint density at radius 1 is 1.35 bits per heavy atom. The van der Waals surface area contributed by atoms with Gasteiger partial charge in [0.25, 0.3) is 0 Å². The fraction of sp³-hybridized carbons (Fsp3) is 0.333. The van der Waals surface area contributed by atoms with Crippen molar-refractivity contribution < 1.29 is 0 Å². The minimum Gasteiger partial charge on any atom is -0.311 e. The van der Waals surface area contributed by atoms with Gasteiger partial charge in [-0.15, -0.1) is 5.10 Å². The van der Waals surface area contributed by atoms with Crippen molar-refractivity contribution in [2.45, 2.75) is 12.5 Å². The highest BCUT2D eigenvalue weighted by molar-refractivity contribution is 6.30. The number of hydrogen-bond acceptors (Lipinski definition) is 3. The number of aromatic nitrogens is 3. The van der Waals surface area contributed by atoms with E-state index in [1.54, 1.807) is 10.9 Å². The second-order valence-electron chi connectivity index (χ2n) is 3.95. The molecule has 1 N–H and O–H groups in total. The first-order valence-corrected chi connectivity index (χ1v) is 5.85. The van der Waals surface area contributed by atoms with E-state index in [4.69, 9.17) is 11.6 Å². The van der Waals surface area contributed by atoms with Gasteiger partial charge in [0.15, 0.2) is 0 Å². The Balaban J connectivity index is 2.16. The summed E-state index contributed by atoms with van der Waals surface area (Å²) in [4.78, 5) is 0. The predicted molar refractivity (Wildman–Crippen MR) is 68.0 cm³/mol. The van der Waals surface area contributed by atoms with E-state index >= 15 is 0 Å². The molecule has 0 fully saturated rings. The molecule has 17 heavy (non-hydrogen) atoms. The van der Waals surface area contributed by atoms with E-state index in [2.05, 4.69) is 15.6 Å². The van der Waals surface area contributed by atoms with Crippen molar-refractivity contribution in [1.82, 2.24) is 20.3 Å². The molecular weight excluding hydrogens is 236 g/mol. The SMILES string of the molecule is CNC(Cc1ccc(Cl)cc1)c1cnnn1C.